The van der Waals surface area contributed by atoms with Crippen molar-refractivity contribution in [3.63, 3.8) is 0 Å². The Balaban J connectivity index is 2.68. The first-order chi connectivity index (χ1) is 9.88. The van der Waals surface area contributed by atoms with Crippen molar-refractivity contribution in [1.29, 1.82) is 0 Å². The Hall–Kier alpha value is -0.390. The van der Waals surface area contributed by atoms with Crippen LogP contribution in [0.1, 0.15) is 27.1 Å². The summed E-state index contributed by atoms with van der Waals surface area (Å²) in [5.74, 6) is 0.536. The standard InChI is InChI=1S/C16H14Br3FO/c1-8-7-11(17)9(2)13(16(8)21-3)15(19)10-5-4-6-12(20)14(10)18/h4-7,15H,1-3H3. The topological polar surface area (TPSA) is 9.23 Å². The van der Waals surface area contributed by atoms with Crippen molar-refractivity contribution in [1.82, 2.24) is 0 Å². The molecule has 2 rings (SSSR count). The van der Waals surface area contributed by atoms with E-state index in [9.17, 15) is 4.39 Å². The van der Waals surface area contributed by atoms with Gasteiger partial charge in [0.25, 0.3) is 0 Å². The molecule has 0 saturated carbocycles. The van der Waals surface area contributed by atoms with Crippen molar-refractivity contribution < 1.29 is 9.13 Å². The fourth-order valence-corrected chi connectivity index (χ4v) is 4.61. The van der Waals surface area contributed by atoms with Gasteiger partial charge in [0, 0.05) is 10.0 Å². The number of rotatable bonds is 3. The second-order valence-electron chi connectivity index (χ2n) is 4.75. The Kier molecular flexibility index (Phi) is 5.49. The lowest BCUT2D eigenvalue weighted by Crippen LogP contribution is -2.04. The molecule has 0 heterocycles. The van der Waals surface area contributed by atoms with Gasteiger partial charge in [0.2, 0.25) is 0 Å². The van der Waals surface area contributed by atoms with Gasteiger partial charge in [-0.25, -0.2) is 4.39 Å². The van der Waals surface area contributed by atoms with E-state index < -0.39 is 0 Å². The van der Waals surface area contributed by atoms with Crippen LogP contribution in [0.4, 0.5) is 4.39 Å². The molecule has 0 amide bonds. The average molecular weight is 481 g/mol. The van der Waals surface area contributed by atoms with Gasteiger partial charge in [-0.1, -0.05) is 44.0 Å². The predicted molar refractivity (Wildman–Crippen MR) is 95.0 cm³/mol. The van der Waals surface area contributed by atoms with Gasteiger partial charge < -0.3 is 4.74 Å². The van der Waals surface area contributed by atoms with Gasteiger partial charge in [-0.2, -0.15) is 0 Å². The number of aryl methyl sites for hydroxylation is 1. The molecule has 1 unspecified atom stereocenters. The molecular weight excluding hydrogens is 467 g/mol. The second-order valence-corrected chi connectivity index (χ2v) is 7.32. The molecule has 0 aliphatic carbocycles. The van der Waals surface area contributed by atoms with Crippen LogP contribution in [0.2, 0.25) is 0 Å². The summed E-state index contributed by atoms with van der Waals surface area (Å²) < 4.78 is 20.8. The Labute approximate surface area is 149 Å². The highest BCUT2D eigenvalue weighted by molar-refractivity contribution is 9.11. The Morgan fingerprint density at radius 2 is 1.86 bits per heavy atom. The molecule has 0 saturated heterocycles. The molecule has 5 heteroatoms. The zero-order valence-corrected chi connectivity index (χ0v) is 16.6. The lowest BCUT2D eigenvalue weighted by molar-refractivity contribution is 0.406. The number of benzene rings is 2. The monoisotopic (exact) mass is 478 g/mol. The highest BCUT2D eigenvalue weighted by Gasteiger charge is 2.23. The van der Waals surface area contributed by atoms with Gasteiger partial charge >= 0.3 is 0 Å². The number of hydrogen-bond donors (Lipinski definition) is 0. The first-order valence-corrected chi connectivity index (χ1v) is 8.80. The summed E-state index contributed by atoms with van der Waals surface area (Å²) in [4.78, 5) is -0.172. The van der Waals surface area contributed by atoms with Crippen LogP contribution in [0.3, 0.4) is 0 Å². The quantitative estimate of drug-likeness (QED) is 0.458. The molecule has 0 radical (unpaired) electrons. The van der Waals surface area contributed by atoms with Crippen molar-refractivity contribution >= 4 is 47.8 Å². The maximum Gasteiger partial charge on any atom is 0.137 e. The summed E-state index contributed by atoms with van der Waals surface area (Å²) in [5, 5.41) is 0. The van der Waals surface area contributed by atoms with Crippen molar-refractivity contribution in [2.45, 2.75) is 18.7 Å². The van der Waals surface area contributed by atoms with E-state index in [1.807, 2.05) is 26.0 Å². The number of methoxy groups -OCH3 is 1. The summed E-state index contributed by atoms with van der Waals surface area (Å²) in [6.07, 6.45) is 0. The molecule has 0 spiro atoms. The molecule has 0 N–H and O–H groups in total. The highest BCUT2D eigenvalue weighted by atomic mass is 79.9. The normalized spacial score (nSPS) is 12.3. The molecule has 1 nitrogen and oxygen atoms in total. The maximum absolute atomic E-state index is 13.8. The molecule has 0 aliphatic rings. The van der Waals surface area contributed by atoms with Gasteiger partial charge in [-0.3, -0.25) is 0 Å². The van der Waals surface area contributed by atoms with E-state index in [1.165, 1.54) is 6.07 Å². The molecule has 1 atom stereocenters. The van der Waals surface area contributed by atoms with Crippen molar-refractivity contribution in [2.24, 2.45) is 0 Å². The van der Waals surface area contributed by atoms with Gasteiger partial charge in [-0.05, 0) is 58.6 Å². The molecule has 0 aromatic heterocycles. The Morgan fingerprint density at radius 3 is 2.48 bits per heavy atom. The molecule has 21 heavy (non-hydrogen) atoms. The van der Waals surface area contributed by atoms with Gasteiger partial charge in [0.1, 0.15) is 11.6 Å². The minimum Gasteiger partial charge on any atom is -0.496 e. The van der Waals surface area contributed by atoms with E-state index >= 15 is 0 Å². The van der Waals surface area contributed by atoms with Crippen LogP contribution in [-0.2, 0) is 0 Å². The zero-order valence-electron chi connectivity index (χ0n) is 11.8. The Morgan fingerprint density at radius 1 is 1.19 bits per heavy atom. The van der Waals surface area contributed by atoms with E-state index in [2.05, 4.69) is 47.8 Å². The maximum atomic E-state index is 13.8. The molecular formula is C16H14Br3FO. The van der Waals surface area contributed by atoms with Crippen molar-refractivity contribution in [3.05, 3.63) is 61.3 Å². The molecule has 0 fully saturated rings. The fourth-order valence-electron chi connectivity index (χ4n) is 2.32. The van der Waals surface area contributed by atoms with E-state index in [0.29, 0.717) is 4.47 Å². The third-order valence-electron chi connectivity index (χ3n) is 3.42. The molecule has 0 aliphatic heterocycles. The van der Waals surface area contributed by atoms with Crippen LogP contribution in [-0.4, -0.2) is 7.11 Å². The fraction of sp³-hybridized carbons (Fsp3) is 0.250. The number of halogens is 4. The lowest BCUT2D eigenvalue weighted by atomic mass is 9.97. The van der Waals surface area contributed by atoms with Crippen LogP contribution >= 0.6 is 47.8 Å². The number of hydrogen-bond acceptors (Lipinski definition) is 1. The third-order valence-corrected chi connectivity index (χ3v) is 6.03. The zero-order chi connectivity index (χ0) is 15.7. The third kappa shape index (κ3) is 3.20. The number of ether oxygens (including phenoxy) is 1. The van der Waals surface area contributed by atoms with Gasteiger partial charge in [0.05, 0.1) is 16.4 Å². The second kappa shape index (κ2) is 6.80. The minimum atomic E-state index is -0.278. The van der Waals surface area contributed by atoms with E-state index in [0.717, 1.165) is 32.5 Å². The van der Waals surface area contributed by atoms with Crippen molar-refractivity contribution in [3.8, 4) is 5.75 Å². The summed E-state index contributed by atoms with van der Waals surface area (Å²) in [6, 6.07) is 7.06. The van der Waals surface area contributed by atoms with Crippen LogP contribution in [0.15, 0.2) is 33.2 Å². The number of alkyl halides is 1. The average Bonchev–Trinajstić information content (AvgIpc) is 2.44. The molecule has 0 bridgehead atoms. The first-order valence-electron chi connectivity index (χ1n) is 6.30. The largest absolute Gasteiger partial charge is 0.496 e. The molecule has 112 valence electrons. The summed E-state index contributed by atoms with van der Waals surface area (Å²) in [7, 11) is 1.65. The first kappa shape index (κ1) is 17.0. The predicted octanol–water partition coefficient (Wildman–Crippen LogP) is 6.46. The minimum absolute atomic E-state index is 0.172. The van der Waals surface area contributed by atoms with Gasteiger partial charge in [-0.15, -0.1) is 0 Å². The van der Waals surface area contributed by atoms with Crippen LogP contribution in [0.5, 0.6) is 5.75 Å². The SMILES string of the molecule is COc1c(C)cc(Br)c(C)c1C(Br)c1cccc(F)c1Br. The van der Waals surface area contributed by atoms with Crippen LogP contribution in [0, 0.1) is 19.7 Å². The van der Waals surface area contributed by atoms with Crippen LogP contribution in [0.25, 0.3) is 0 Å². The van der Waals surface area contributed by atoms with E-state index in [1.54, 1.807) is 13.2 Å². The lowest BCUT2D eigenvalue weighted by Gasteiger charge is -2.21. The summed E-state index contributed by atoms with van der Waals surface area (Å²) in [5.41, 5.74) is 3.92. The van der Waals surface area contributed by atoms with Crippen molar-refractivity contribution in [2.75, 3.05) is 7.11 Å². The molecule has 2 aromatic rings. The van der Waals surface area contributed by atoms with E-state index in [-0.39, 0.29) is 10.6 Å². The molecule has 2 aromatic carbocycles. The summed E-state index contributed by atoms with van der Waals surface area (Å²) in [6.45, 7) is 4.01. The van der Waals surface area contributed by atoms with Crippen LogP contribution < -0.4 is 4.74 Å². The highest BCUT2D eigenvalue weighted by Crippen LogP contribution is 2.45. The van der Waals surface area contributed by atoms with Gasteiger partial charge in [0.15, 0.2) is 0 Å². The smallest absolute Gasteiger partial charge is 0.137 e. The summed E-state index contributed by atoms with van der Waals surface area (Å²) >= 11 is 10.6. The Bertz CT molecular complexity index is 686. The van der Waals surface area contributed by atoms with E-state index in [4.69, 9.17) is 4.74 Å².